The molecule has 0 fully saturated rings. The van der Waals surface area contributed by atoms with Crippen LogP contribution in [0, 0.1) is 15.2 Å². The zero-order valence-corrected chi connectivity index (χ0v) is 9.14. The maximum atomic E-state index is 12.9. The van der Waals surface area contributed by atoms with Gasteiger partial charge in [-0.15, -0.1) is 0 Å². The average molecular weight is 324 g/mol. The Labute approximate surface area is 91.0 Å². The van der Waals surface area contributed by atoms with Crippen LogP contribution in [0.4, 0.5) is 14.5 Å². The summed E-state index contributed by atoms with van der Waals surface area (Å²) in [7, 11) is 0. The number of nitrogens with two attached hydrogens (primary N) is 1. The summed E-state index contributed by atoms with van der Waals surface area (Å²) in [6, 6.07) is 0. The van der Waals surface area contributed by atoms with Gasteiger partial charge in [0.1, 0.15) is 10.0 Å². The molecule has 2 N–H and O–H groups in total. The summed E-state index contributed by atoms with van der Waals surface area (Å²) in [5.74, 6) is -1.76. The van der Waals surface area contributed by atoms with E-state index < -0.39 is 11.6 Å². The van der Waals surface area contributed by atoms with Gasteiger partial charge in [0, 0.05) is 0 Å². The number of rotatable bonds is 0. The van der Waals surface area contributed by atoms with Crippen molar-refractivity contribution in [3.63, 3.8) is 0 Å². The van der Waals surface area contributed by atoms with Crippen LogP contribution in [0.25, 0.3) is 0 Å². The average Bonchev–Trinajstić information content (AvgIpc) is 2.08. The molecule has 0 aliphatic rings. The van der Waals surface area contributed by atoms with E-state index in [1.54, 1.807) is 0 Å². The number of benzene rings is 1. The van der Waals surface area contributed by atoms with Gasteiger partial charge in [-0.25, -0.2) is 8.78 Å². The van der Waals surface area contributed by atoms with Gasteiger partial charge < -0.3 is 5.73 Å². The summed E-state index contributed by atoms with van der Waals surface area (Å²) in [4.78, 5) is 0. The first-order valence-corrected chi connectivity index (χ1v) is 4.57. The van der Waals surface area contributed by atoms with Crippen LogP contribution in [0.3, 0.4) is 0 Å². The molecule has 1 rings (SSSR count). The van der Waals surface area contributed by atoms with Crippen LogP contribution in [0.2, 0.25) is 10.0 Å². The fourth-order valence-electron chi connectivity index (χ4n) is 0.622. The summed E-state index contributed by atoms with van der Waals surface area (Å²) < 4.78 is 25.6. The van der Waals surface area contributed by atoms with Crippen LogP contribution in [0.1, 0.15) is 0 Å². The van der Waals surface area contributed by atoms with E-state index in [1.807, 2.05) is 0 Å². The van der Waals surface area contributed by atoms with Gasteiger partial charge in [0.25, 0.3) is 0 Å². The Morgan fingerprint density at radius 1 is 1.08 bits per heavy atom. The highest BCUT2D eigenvalue weighted by Crippen LogP contribution is 2.35. The van der Waals surface area contributed by atoms with Gasteiger partial charge in [0.2, 0.25) is 0 Å². The summed E-state index contributed by atoms with van der Waals surface area (Å²) in [5.41, 5.74) is 4.94. The standard InChI is InChI=1S/C6H2Cl2F2IN/c7-1-3(9)5(11)4(10)2(8)6(1)12/h12H2. The number of hydrogen-bond donors (Lipinski definition) is 1. The normalized spacial score (nSPS) is 10.4. The number of anilines is 1. The summed E-state index contributed by atoms with van der Waals surface area (Å²) >= 11 is 12.3. The lowest BCUT2D eigenvalue weighted by molar-refractivity contribution is 0.572. The third-order valence-corrected chi connectivity index (χ3v) is 2.93. The Bertz CT molecular complexity index is 238. The van der Waals surface area contributed by atoms with Crippen molar-refractivity contribution in [3.05, 3.63) is 25.2 Å². The minimum absolute atomic E-state index is 0.253. The molecule has 0 aromatic heterocycles. The quantitative estimate of drug-likeness (QED) is 0.336. The zero-order valence-electron chi connectivity index (χ0n) is 5.47. The van der Waals surface area contributed by atoms with Crippen molar-refractivity contribution in [2.75, 3.05) is 5.73 Å². The molecule has 0 unspecified atom stereocenters. The van der Waals surface area contributed by atoms with Crippen LogP contribution in [0.5, 0.6) is 0 Å². The van der Waals surface area contributed by atoms with Crippen LogP contribution in [-0.4, -0.2) is 0 Å². The first kappa shape index (κ1) is 10.3. The van der Waals surface area contributed by atoms with Gasteiger partial charge >= 0.3 is 0 Å². The zero-order chi connectivity index (χ0) is 9.46. The lowest BCUT2D eigenvalue weighted by Gasteiger charge is -2.05. The van der Waals surface area contributed by atoms with Crippen LogP contribution in [0.15, 0.2) is 0 Å². The maximum absolute atomic E-state index is 12.9. The molecule has 1 nitrogen and oxygen atoms in total. The Morgan fingerprint density at radius 3 is 1.75 bits per heavy atom. The lowest BCUT2D eigenvalue weighted by atomic mass is 10.3. The molecule has 1 aromatic rings. The molecule has 0 atom stereocenters. The molecule has 0 bridgehead atoms. The van der Waals surface area contributed by atoms with Crippen LogP contribution in [-0.2, 0) is 0 Å². The minimum atomic E-state index is -0.878. The van der Waals surface area contributed by atoms with Crippen molar-refractivity contribution in [2.45, 2.75) is 0 Å². The van der Waals surface area contributed by atoms with Gasteiger partial charge in [-0.1, -0.05) is 23.2 Å². The Kier molecular flexibility index (Phi) is 3.01. The smallest absolute Gasteiger partial charge is 0.160 e. The minimum Gasteiger partial charge on any atom is -0.396 e. The predicted octanol–water partition coefficient (Wildman–Crippen LogP) is 3.46. The third-order valence-electron chi connectivity index (χ3n) is 1.24. The fraction of sp³-hybridized carbons (Fsp3) is 0. The van der Waals surface area contributed by atoms with Gasteiger partial charge in [0.15, 0.2) is 11.6 Å². The van der Waals surface area contributed by atoms with Gasteiger partial charge in [-0.2, -0.15) is 0 Å². The van der Waals surface area contributed by atoms with E-state index in [2.05, 4.69) is 0 Å². The molecular weight excluding hydrogens is 322 g/mol. The topological polar surface area (TPSA) is 26.0 Å². The van der Waals surface area contributed by atoms with E-state index in [1.165, 1.54) is 22.6 Å². The predicted molar refractivity (Wildman–Crippen MR) is 53.5 cm³/mol. The Hall–Kier alpha value is 0.190. The van der Waals surface area contributed by atoms with Gasteiger partial charge in [-0.05, 0) is 22.6 Å². The highest BCUT2D eigenvalue weighted by molar-refractivity contribution is 14.1. The third kappa shape index (κ3) is 1.47. The summed E-state index contributed by atoms with van der Waals surface area (Å²) in [6.45, 7) is 0. The van der Waals surface area contributed by atoms with E-state index in [0.717, 1.165) is 0 Å². The van der Waals surface area contributed by atoms with Crippen molar-refractivity contribution in [2.24, 2.45) is 0 Å². The van der Waals surface area contributed by atoms with E-state index in [4.69, 9.17) is 28.9 Å². The molecule has 1 aromatic carbocycles. The van der Waals surface area contributed by atoms with Gasteiger partial charge in [0.05, 0.1) is 9.26 Å². The first-order chi connectivity index (χ1) is 5.46. The highest BCUT2D eigenvalue weighted by atomic mass is 127. The second-order valence-electron chi connectivity index (χ2n) is 1.98. The molecule has 0 spiro atoms. The number of hydrogen-bond acceptors (Lipinski definition) is 1. The summed E-state index contributed by atoms with van der Waals surface area (Å²) in [5, 5.41) is -0.684. The molecule has 0 heterocycles. The highest BCUT2D eigenvalue weighted by Gasteiger charge is 2.18. The number of halogens is 5. The molecule has 0 radical (unpaired) electrons. The van der Waals surface area contributed by atoms with E-state index in [-0.39, 0.29) is 19.3 Å². The molecule has 0 saturated carbocycles. The first-order valence-electron chi connectivity index (χ1n) is 2.73. The molecule has 12 heavy (non-hydrogen) atoms. The second kappa shape index (κ2) is 3.51. The molecule has 6 heteroatoms. The molecule has 66 valence electrons. The monoisotopic (exact) mass is 323 g/mol. The second-order valence-corrected chi connectivity index (χ2v) is 3.82. The SMILES string of the molecule is Nc1c(Cl)c(F)c(I)c(F)c1Cl. The molecule has 0 aliphatic carbocycles. The maximum Gasteiger partial charge on any atom is 0.160 e. The fourth-order valence-corrected chi connectivity index (χ4v) is 1.91. The van der Waals surface area contributed by atoms with Crippen molar-refractivity contribution in [1.82, 2.24) is 0 Å². The molecule has 0 saturated heterocycles. The van der Waals surface area contributed by atoms with Crippen LogP contribution >= 0.6 is 45.8 Å². The Morgan fingerprint density at radius 2 is 1.42 bits per heavy atom. The number of nitrogen functional groups attached to an aromatic ring is 1. The van der Waals surface area contributed by atoms with Crippen molar-refractivity contribution in [1.29, 1.82) is 0 Å². The largest absolute Gasteiger partial charge is 0.396 e. The van der Waals surface area contributed by atoms with Gasteiger partial charge in [-0.3, -0.25) is 0 Å². The van der Waals surface area contributed by atoms with E-state index in [0.29, 0.717) is 0 Å². The van der Waals surface area contributed by atoms with Crippen molar-refractivity contribution >= 4 is 51.5 Å². The van der Waals surface area contributed by atoms with E-state index in [9.17, 15) is 8.78 Å². The molecule has 0 amide bonds. The summed E-state index contributed by atoms with van der Waals surface area (Å²) in [6.07, 6.45) is 0. The Balaban J connectivity index is 3.60. The van der Waals surface area contributed by atoms with E-state index >= 15 is 0 Å². The molecule has 0 aliphatic heterocycles. The molecular formula is C6H2Cl2F2IN. The lowest BCUT2D eigenvalue weighted by Crippen LogP contribution is -1.98. The van der Waals surface area contributed by atoms with Crippen molar-refractivity contribution < 1.29 is 8.78 Å². The van der Waals surface area contributed by atoms with Crippen LogP contribution < -0.4 is 5.73 Å². The van der Waals surface area contributed by atoms with Crippen molar-refractivity contribution in [3.8, 4) is 0 Å².